The molecular formula is C16H22N2. The minimum atomic E-state index is 0.745. The number of benzene rings is 1. The Kier molecular flexibility index (Phi) is 3.37. The molecule has 3 rings (SSSR count). The van der Waals surface area contributed by atoms with Crippen molar-refractivity contribution in [1.29, 1.82) is 0 Å². The van der Waals surface area contributed by atoms with E-state index in [4.69, 9.17) is 0 Å². The van der Waals surface area contributed by atoms with Gasteiger partial charge in [0, 0.05) is 17.1 Å². The molecule has 1 aromatic heterocycles. The molecule has 0 bridgehead atoms. The van der Waals surface area contributed by atoms with Crippen molar-refractivity contribution < 1.29 is 0 Å². The fourth-order valence-electron chi connectivity index (χ4n) is 3.22. The Balaban J connectivity index is 1.76. The van der Waals surface area contributed by atoms with E-state index in [0.717, 1.165) is 5.92 Å². The van der Waals surface area contributed by atoms with Crippen LogP contribution in [0.1, 0.15) is 37.7 Å². The first-order valence-electron chi connectivity index (χ1n) is 7.17. The largest absolute Gasteiger partial charge is 0.361 e. The summed E-state index contributed by atoms with van der Waals surface area (Å²) in [6.07, 6.45) is 6.12. The van der Waals surface area contributed by atoms with E-state index in [1.165, 1.54) is 55.4 Å². The molecule has 0 unspecified atom stereocenters. The maximum atomic E-state index is 3.41. The van der Waals surface area contributed by atoms with E-state index in [9.17, 15) is 0 Å². The van der Waals surface area contributed by atoms with Gasteiger partial charge >= 0.3 is 0 Å². The molecule has 1 aliphatic heterocycles. The van der Waals surface area contributed by atoms with Crippen molar-refractivity contribution >= 4 is 10.9 Å². The predicted octanol–water partition coefficient (Wildman–Crippen LogP) is 3.76. The van der Waals surface area contributed by atoms with Crippen LogP contribution in [-0.4, -0.2) is 29.5 Å². The zero-order valence-electron chi connectivity index (χ0n) is 11.2. The number of hydrogen-bond donors (Lipinski definition) is 1. The molecular weight excluding hydrogens is 220 g/mol. The molecule has 1 N–H and O–H groups in total. The lowest BCUT2D eigenvalue weighted by Crippen LogP contribution is -2.33. The fraction of sp³-hybridized carbons (Fsp3) is 0.500. The maximum Gasteiger partial charge on any atom is 0.0456 e. The summed E-state index contributed by atoms with van der Waals surface area (Å²) in [6.45, 7) is 6.06. The second-order valence-electron chi connectivity index (χ2n) is 5.41. The number of piperidine rings is 1. The molecule has 0 saturated carbocycles. The number of hydrogen-bond acceptors (Lipinski definition) is 1. The zero-order chi connectivity index (χ0) is 12.4. The summed E-state index contributed by atoms with van der Waals surface area (Å²) in [4.78, 5) is 6.01. The van der Waals surface area contributed by atoms with Crippen LogP contribution in [0.5, 0.6) is 0 Å². The Bertz CT molecular complexity index is 507. The molecule has 96 valence electrons. The molecule has 1 fully saturated rings. The van der Waals surface area contributed by atoms with Crippen LogP contribution in [0.15, 0.2) is 30.5 Å². The SMILES string of the molecule is CCCN1CCC(c2c[nH]c3ccccc23)CC1. The first kappa shape index (κ1) is 11.8. The Morgan fingerprint density at radius 1 is 1.22 bits per heavy atom. The highest BCUT2D eigenvalue weighted by atomic mass is 15.1. The Labute approximate surface area is 109 Å². The lowest BCUT2D eigenvalue weighted by molar-refractivity contribution is 0.213. The third-order valence-electron chi connectivity index (χ3n) is 4.19. The monoisotopic (exact) mass is 242 g/mol. The van der Waals surface area contributed by atoms with Gasteiger partial charge < -0.3 is 9.88 Å². The van der Waals surface area contributed by atoms with Gasteiger partial charge in [-0.2, -0.15) is 0 Å². The highest BCUT2D eigenvalue weighted by molar-refractivity contribution is 5.83. The second-order valence-corrected chi connectivity index (χ2v) is 5.41. The smallest absolute Gasteiger partial charge is 0.0456 e. The Morgan fingerprint density at radius 3 is 2.78 bits per heavy atom. The van der Waals surface area contributed by atoms with Crippen LogP contribution >= 0.6 is 0 Å². The predicted molar refractivity (Wildman–Crippen MR) is 77.0 cm³/mol. The van der Waals surface area contributed by atoms with Crippen molar-refractivity contribution in [3.8, 4) is 0 Å². The van der Waals surface area contributed by atoms with Crippen molar-refractivity contribution in [2.24, 2.45) is 0 Å². The molecule has 0 aliphatic carbocycles. The summed E-state index contributed by atoms with van der Waals surface area (Å²) >= 11 is 0. The fourth-order valence-corrected chi connectivity index (χ4v) is 3.22. The van der Waals surface area contributed by atoms with Gasteiger partial charge in [0.05, 0.1) is 0 Å². The number of nitrogens with zero attached hydrogens (tertiary/aromatic N) is 1. The van der Waals surface area contributed by atoms with Gasteiger partial charge in [0.25, 0.3) is 0 Å². The van der Waals surface area contributed by atoms with E-state index in [2.05, 4.69) is 47.3 Å². The normalized spacial score (nSPS) is 18.5. The molecule has 0 amide bonds. The van der Waals surface area contributed by atoms with E-state index < -0.39 is 0 Å². The molecule has 0 radical (unpaired) electrons. The standard InChI is InChI=1S/C16H22N2/c1-2-9-18-10-7-13(8-11-18)15-12-17-16-6-4-3-5-14(15)16/h3-6,12-13,17H,2,7-11H2,1H3. The molecule has 0 spiro atoms. The maximum absolute atomic E-state index is 3.41. The van der Waals surface area contributed by atoms with Gasteiger partial charge in [-0.3, -0.25) is 0 Å². The van der Waals surface area contributed by atoms with Crippen molar-refractivity contribution in [2.45, 2.75) is 32.1 Å². The molecule has 1 saturated heterocycles. The number of H-pyrrole nitrogens is 1. The number of likely N-dealkylation sites (tertiary alicyclic amines) is 1. The molecule has 2 heteroatoms. The van der Waals surface area contributed by atoms with Crippen LogP contribution in [0, 0.1) is 0 Å². The number of aromatic nitrogens is 1. The Morgan fingerprint density at radius 2 is 2.00 bits per heavy atom. The van der Waals surface area contributed by atoms with Gasteiger partial charge in [-0.1, -0.05) is 25.1 Å². The van der Waals surface area contributed by atoms with E-state index >= 15 is 0 Å². The number of nitrogens with one attached hydrogen (secondary N) is 1. The number of aromatic amines is 1. The van der Waals surface area contributed by atoms with Crippen LogP contribution in [0.3, 0.4) is 0 Å². The third-order valence-corrected chi connectivity index (χ3v) is 4.19. The summed E-state index contributed by atoms with van der Waals surface area (Å²) < 4.78 is 0. The van der Waals surface area contributed by atoms with Crippen molar-refractivity contribution in [3.05, 3.63) is 36.0 Å². The van der Waals surface area contributed by atoms with Gasteiger partial charge in [-0.05, 0) is 56.4 Å². The van der Waals surface area contributed by atoms with Crippen LogP contribution < -0.4 is 0 Å². The lowest BCUT2D eigenvalue weighted by atomic mass is 9.89. The van der Waals surface area contributed by atoms with Crippen LogP contribution in [-0.2, 0) is 0 Å². The van der Waals surface area contributed by atoms with Crippen LogP contribution in [0.4, 0.5) is 0 Å². The summed E-state index contributed by atoms with van der Waals surface area (Å²) in [5.41, 5.74) is 2.81. The van der Waals surface area contributed by atoms with E-state index in [1.54, 1.807) is 0 Å². The molecule has 2 heterocycles. The topological polar surface area (TPSA) is 19.0 Å². The van der Waals surface area contributed by atoms with Gasteiger partial charge in [0.2, 0.25) is 0 Å². The molecule has 2 nitrogen and oxygen atoms in total. The number of para-hydroxylation sites is 1. The molecule has 1 aromatic carbocycles. The minimum Gasteiger partial charge on any atom is -0.361 e. The van der Waals surface area contributed by atoms with Crippen LogP contribution in [0.25, 0.3) is 10.9 Å². The molecule has 18 heavy (non-hydrogen) atoms. The lowest BCUT2D eigenvalue weighted by Gasteiger charge is -2.31. The quantitative estimate of drug-likeness (QED) is 0.868. The van der Waals surface area contributed by atoms with E-state index in [1.807, 2.05) is 0 Å². The number of fused-ring (bicyclic) bond motifs is 1. The van der Waals surface area contributed by atoms with E-state index in [-0.39, 0.29) is 0 Å². The summed E-state index contributed by atoms with van der Waals surface area (Å²) in [6, 6.07) is 8.67. The highest BCUT2D eigenvalue weighted by Gasteiger charge is 2.21. The highest BCUT2D eigenvalue weighted by Crippen LogP contribution is 2.32. The third kappa shape index (κ3) is 2.17. The second kappa shape index (κ2) is 5.15. The summed E-state index contributed by atoms with van der Waals surface area (Å²) in [5.74, 6) is 0.745. The first-order chi connectivity index (χ1) is 8.88. The Hall–Kier alpha value is -1.28. The molecule has 0 atom stereocenters. The first-order valence-corrected chi connectivity index (χ1v) is 7.17. The van der Waals surface area contributed by atoms with Crippen LogP contribution in [0.2, 0.25) is 0 Å². The molecule has 1 aliphatic rings. The number of rotatable bonds is 3. The van der Waals surface area contributed by atoms with Crippen molar-refractivity contribution in [1.82, 2.24) is 9.88 Å². The average molecular weight is 242 g/mol. The van der Waals surface area contributed by atoms with Crippen molar-refractivity contribution in [3.63, 3.8) is 0 Å². The zero-order valence-corrected chi connectivity index (χ0v) is 11.2. The average Bonchev–Trinajstić information content (AvgIpc) is 2.84. The minimum absolute atomic E-state index is 0.745. The van der Waals surface area contributed by atoms with Gasteiger partial charge in [-0.15, -0.1) is 0 Å². The van der Waals surface area contributed by atoms with Gasteiger partial charge in [0.15, 0.2) is 0 Å². The van der Waals surface area contributed by atoms with Crippen molar-refractivity contribution in [2.75, 3.05) is 19.6 Å². The molecule has 2 aromatic rings. The van der Waals surface area contributed by atoms with Gasteiger partial charge in [-0.25, -0.2) is 0 Å². The van der Waals surface area contributed by atoms with E-state index in [0.29, 0.717) is 0 Å². The summed E-state index contributed by atoms with van der Waals surface area (Å²) in [5, 5.41) is 1.42. The summed E-state index contributed by atoms with van der Waals surface area (Å²) in [7, 11) is 0. The van der Waals surface area contributed by atoms with Gasteiger partial charge in [0.1, 0.15) is 0 Å².